The molecule has 0 saturated carbocycles. The number of nitro benzene ring substituents is 1. The van der Waals surface area contributed by atoms with Crippen molar-refractivity contribution in [1.82, 2.24) is 4.48 Å². The number of alkyl halides is 3. The second kappa shape index (κ2) is 4.70. The zero-order chi connectivity index (χ0) is 15.9. The van der Waals surface area contributed by atoms with Gasteiger partial charge in [-0.15, -0.1) is 0 Å². The van der Waals surface area contributed by atoms with Crippen LogP contribution in [0.4, 0.5) is 24.5 Å². The maximum atomic E-state index is 12.4. The largest absolute Gasteiger partial charge is 0.501 e. The van der Waals surface area contributed by atoms with Crippen LogP contribution in [0, 0.1) is 10.1 Å². The summed E-state index contributed by atoms with van der Waals surface area (Å²) in [4.78, 5) is 8.86. The molecule has 0 atom stereocenters. The maximum absolute atomic E-state index is 12.4. The molecule has 0 amide bonds. The van der Waals surface area contributed by atoms with Crippen molar-refractivity contribution in [2.24, 2.45) is 0 Å². The molecule has 1 aromatic carbocycles. The van der Waals surface area contributed by atoms with Crippen LogP contribution < -0.4 is 4.48 Å². The van der Waals surface area contributed by atoms with Crippen LogP contribution in [0.3, 0.4) is 0 Å². The predicted molar refractivity (Wildman–Crippen MR) is 65.9 cm³/mol. The van der Waals surface area contributed by atoms with Crippen molar-refractivity contribution in [3.05, 3.63) is 28.3 Å². The molecule has 0 heterocycles. The van der Waals surface area contributed by atoms with Crippen molar-refractivity contribution >= 4 is 21.2 Å². The molecule has 6 nitrogen and oxygen atoms in total. The minimum atomic E-state index is -5.61. The topological polar surface area (TPSA) is 77.3 Å². The van der Waals surface area contributed by atoms with Gasteiger partial charge in [-0.1, -0.05) is 0 Å². The second-order valence-electron chi connectivity index (χ2n) is 4.87. The van der Waals surface area contributed by atoms with E-state index in [1.165, 1.54) is 0 Å². The van der Waals surface area contributed by atoms with E-state index in [0.29, 0.717) is 12.1 Å². The highest BCUT2D eigenvalue weighted by Crippen LogP contribution is 2.36. The molecule has 0 aliphatic heterocycles. The molecule has 0 N–H and O–H groups in total. The number of halogens is 3. The van der Waals surface area contributed by atoms with Gasteiger partial charge < -0.3 is 0 Å². The number of benzene rings is 1. The van der Waals surface area contributed by atoms with Crippen molar-refractivity contribution in [2.45, 2.75) is 10.4 Å². The van der Waals surface area contributed by atoms with Gasteiger partial charge >= 0.3 is 11.2 Å². The number of nitrogens with zero attached hydrogens (tertiary/aromatic N) is 2. The fourth-order valence-electron chi connectivity index (χ4n) is 1.52. The van der Waals surface area contributed by atoms with Crippen LogP contribution in [0.5, 0.6) is 0 Å². The van der Waals surface area contributed by atoms with E-state index >= 15 is 0 Å². The Morgan fingerprint density at radius 2 is 1.70 bits per heavy atom. The highest BCUT2D eigenvalue weighted by molar-refractivity contribution is 7.92. The Bertz CT molecular complexity index is 647. The summed E-state index contributed by atoms with van der Waals surface area (Å²) in [7, 11) is -0.897. The van der Waals surface area contributed by atoms with E-state index in [1.807, 2.05) is 0 Å². The van der Waals surface area contributed by atoms with Gasteiger partial charge in [-0.2, -0.15) is 13.2 Å². The van der Waals surface area contributed by atoms with Crippen LogP contribution in [0.25, 0.3) is 0 Å². The Hall–Kier alpha value is -1.68. The molecular formula is C10H12F3N2O4S+. The van der Waals surface area contributed by atoms with Crippen LogP contribution in [0.1, 0.15) is 0 Å². The van der Waals surface area contributed by atoms with Gasteiger partial charge in [0, 0.05) is 12.1 Å². The first kappa shape index (κ1) is 16.4. The third-order valence-corrected chi connectivity index (χ3v) is 3.97. The fraction of sp³-hybridized carbons (Fsp3) is 0.400. The third kappa shape index (κ3) is 2.90. The quantitative estimate of drug-likeness (QED) is 0.486. The van der Waals surface area contributed by atoms with E-state index < -0.39 is 30.9 Å². The summed E-state index contributed by atoms with van der Waals surface area (Å²) >= 11 is 0. The average molecular weight is 313 g/mol. The molecule has 0 aromatic heterocycles. The van der Waals surface area contributed by atoms with Gasteiger partial charge in [-0.05, 0) is 6.07 Å². The molecule has 0 saturated heterocycles. The SMILES string of the molecule is C[N+](C)(C)c1ccc(S(=O)(=O)C(F)(F)F)cc1[N+](=O)[O-]. The first-order chi connectivity index (χ1) is 8.78. The Kier molecular flexibility index (Phi) is 3.85. The number of hydrogen-bond acceptors (Lipinski definition) is 4. The Morgan fingerprint density at radius 1 is 1.20 bits per heavy atom. The molecule has 20 heavy (non-hydrogen) atoms. The zero-order valence-electron chi connectivity index (χ0n) is 10.8. The molecule has 0 fully saturated rings. The summed E-state index contributed by atoms with van der Waals surface area (Å²) in [6, 6.07) is 2.16. The summed E-state index contributed by atoms with van der Waals surface area (Å²) in [6.45, 7) is 0. The molecule has 0 spiro atoms. The number of hydrogen-bond donors (Lipinski definition) is 0. The van der Waals surface area contributed by atoms with Gasteiger partial charge in [-0.3, -0.25) is 14.6 Å². The highest BCUT2D eigenvalue weighted by atomic mass is 32.2. The van der Waals surface area contributed by atoms with Gasteiger partial charge in [0.2, 0.25) is 5.69 Å². The molecule has 1 aromatic rings. The van der Waals surface area contributed by atoms with Gasteiger partial charge in [0.15, 0.2) is 0 Å². The van der Waals surface area contributed by atoms with E-state index in [4.69, 9.17) is 0 Å². The minimum Gasteiger partial charge on any atom is -0.292 e. The van der Waals surface area contributed by atoms with Crippen molar-refractivity contribution in [3.63, 3.8) is 0 Å². The fourth-order valence-corrected chi connectivity index (χ4v) is 2.30. The first-order valence-corrected chi connectivity index (χ1v) is 6.68. The van der Waals surface area contributed by atoms with Crippen LogP contribution in [-0.2, 0) is 9.84 Å². The monoisotopic (exact) mass is 313 g/mol. The highest BCUT2D eigenvalue weighted by Gasteiger charge is 2.47. The average Bonchev–Trinajstić information content (AvgIpc) is 2.25. The number of rotatable bonds is 3. The zero-order valence-corrected chi connectivity index (χ0v) is 11.6. The molecule has 0 unspecified atom stereocenters. The van der Waals surface area contributed by atoms with Crippen LogP contribution in [0.2, 0.25) is 0 Å². The molecular weight excluding hydrogens is 301 g/mol. The van der Waals surface area contributed by atoms with Crippen LogP contribution in [0.15, 0.2) is 23.1 Å². The van der Waals surface area contributed by atoms with Gasteiger partial charge in [0.25, 0.3) is 9.84 Å². The lowest BCUT2D eigenvalue weighted by molar-refractivity contribution is -0.384. The first-order valence-electron chi connectivity index (χ1n) is 5.20. The Labute approximate surface area is 113 Å². The Balaban J connectivity index is 3.59. The van der Waals surface area contributed by atoms with Crippen LogP contribution in [-0.4, -0.2) is 40.0 Å². The number of quaternary nitrogens is 1. The van der Waals surface area contributed by atoms with Crippen molar-refractivity contribution in [1.29, 1.82) is 0 Å². The standard InChI is InChI=1S/C10H12F3N2O4S/c1-15(2,3)9-5-4-7(6-8(9)14(16)17)20(18,19)10(11,12)13/h4-6H,1-3H3/q+1. The van der Waals surface area contributed by atoms with Crippen molar-refractivity contribution in [3.8, 4) is 0 Å². The molecule has 0 radical (unpaired) electrons. The molecule has 1 rings (SSSR count). The molecule has 0 aliphatic rings. The van der Waals surface area contributed by atoms with E-state index in [2.05, 4.69) is 0 Å². The third-order valence-electron chi connectivity index (χ3n) is 2.48. The summed E-state index contributed by atoms with van der Waals surface area (Å²) in [5.41, 5.74) is -6.09. The maximum Gasteiger partial charge on any atom is 0.501 e. The molecule has 0 aliphatic carbocycles. The van der Waals surface area contributed by atoms with E-state index in [1.54, 1.807) is 21.1 Å². The number of sulfone groups is 1. The summed E-state index contributed by atoms with van der Waals surface area (Å²) < 4.78 is 59.7. The molecule has 112 valence electrons. The van der Waals surface area contributed by atoms with E-state index in [9.17, 15) is 31.7 Å². The minimum absolute atomic E-state index is 0.0390. The second-order valence-corrected chi connectivity index (χ2v) is 6.81. The summed E-state index contributed by atoms with van der Waals surface area (Å²) in [5.74, 6) is 0. The lowest BCUT2D eigenvalue weighted by Gasteiger charge is -2.23. The van der Waals surface area contributed by atoms with Crippen molar-refractivity contribution in [2.75, 3.05) is 21.1 Å². The van der Waals surface area contributed by atoms with Crippen LogP contribution >= 0.6 is 0 Å². The lowest BCUT2D eigenvalue weighted by Crippen LogP contribution is -2.35. The lowest BCUT2D eigenvalue weighted by atomic mass is 10.2. The number of nitro groups is 1. The van der Waals surface area contributed by atoms with Gasteiger partial charge in [0.05, 0.1) is 31.0 Å². The van der Waals surface area contributed by atoms with Crippen molar-refractivity contribution < 1.29 is 26.5 Å². The van der Waals surface area contributed by atoms with Gasteiger partial charge in [0.1, 0.15) is 0 Å². The summed E-state index contributed by atoms with van der Waals surface area (Å²) in [6.07, 6.45) is 0. The van der Waals surface area contributed by atoms with Gasteiger partial charge in [-0.25, -0.2) is 8.42 Å². The predicted octanol–water partition coefficient (Wildman–Crippen LogP) is 2.08. The smallest absolute Gasteiger partial charge is 0.292 e. The van der Waals surface area contributed by atoms with E-state index in [-0.39, 0.29) is 10.2 Å². The normalized spacial score (nSPS) is 13.3. The van der Waals surface area contributed by atoms with E-state index in [0.717, 1.165) is 6.07 Å². The summed E-state index contributed by atoms with van der Waals surface area (Å²) in [5, 5.41) is 10.9. The molecule has 0 bridgehead atoms. The Morgan fingerprint density at radius 3 is 2.05 bits per heavy atom. The molecule has 10 heteroatoms.